The molecular formula is C19H26N4O3S2. The molecule has 1 atom stereocenters. The van der Waals surface area contributed by atoms with Gasteiger partial charge < -0.3 is 9.13 Å². The molecule has 4 rings (SSSR count). The molecule has 152 valence electrons. The van der Waals surface area contributed by atoms with E-state index in [1.54, 1.807) is 0 Å². The minimum absolute atomic E-state index is 0.0452. The molecule has 2 fully saturated rings. The van der Waals surface area contributed by atoms with Crippen molar-refractivity contribution in [2.75, 3.05) is 17.3 Å². The number of nitrogens with zero attached hydrogens (tertiary/aromatic N) is 4. The van der Waals surface area contributed by atoms with Crippen molar-refractivity contribution in [3.63, 3.8) is 0 Å². The molecule has 0 bridgehead atoms. The van der Waals surface area contributed by atoms with Gasteiger partial charge in [0.15, 0.2) is 20.8 Å². The van der Waals surface area contributed by atoms with Crippen LogP contribution in [0.2, 0.25) is 0 Å². The zero-order chi connectivity index (χ0) is 20.1. The van der Waals surface area contributed by atoms with Crippen LogP contribution in [0.15, 0.2) is 11.2 Å². The van der Waals surface area contributed by atoms with Crippen molar-refractivity contribution in [3.8, 4) is 0 Å². The first-order valence-corrected chi connectivity index (χ1v) is 12.6. The van der Waals surface area contributed by atoms with Crippen LogP contribution in [0.1, 0.15) is 65.7 Å². The Balaban J connectivity index is 1.49. The fraction of sp³-hybridized carbons (Fsp3) is 0.632. The molecule has 1 aliphatic carbocycles. The fourth-order valence-electron chi connectivity index (χ4n) is 4.16. The van der Waals surface area contributed by atoms with Crippen molar-refractivity contribution >= 4 is 27.4 Å². The standard InChI is InChI=1S/C19H26N4O3S2/c1-4-22-18(14-5-6-14)20-21-19(22)27-10-17(24)16-9-12(2)23(13(16)3)15-7-8-28(25,26)11-15/h9,14-15H,4-8,10-11H2,1-3H3/t15-/m0/s1. The lowest BCUT2D eigenvalue weighted by Gasteiger charge is -2.16. The Morgan fingerprint density at radius 2 is 2.00 bits per heavy atom. The number of sulfone groups is 1. The molecule has 9 heteroatoms. The van der Waals surface area contributed by atoms with Crippen molar-refractivity contribution in [2.24, 2.45) is 0 Å². The van der Waals surface area contributed by atoms with Crippen LogP contribution in [0.5, 0.6) is 0 Å². The predicted octanol–water partition coefficient (Wildman–Crippen LogP) is 2.93. The second kappa shape index (κ2) is 7.33. The summed E-state index contributed by atoms with van der Waals surface area (Å²) in [5.41, 5.74) is 2.49. The topological polar surface area (TPSA) is 86.9 Å². The molecule has 0 radical (unpaired) electrons. The summed E-state index contributed by atoms with van der Waals surface area (Å²) in [6.07, 6.45) is 2.96. The third-order valence-electron chi connectivity index (χ3n) is 5.69. The monoisotopic (exact) mass is 422 g/mol. The first-order chi connectivity index (χ1) is 13.3. The van der Waals surface area contributed by atoms with Crippen molar-refractivity contribution in [1.29, 1.82) is 0 Å². The van der Waals surface area contributed by atoms with E-state index in [2.05, 4.69) is 21.7 Å². The van der Waals surface area contributed by atoms with Gasteiger partial charge in [0.05, 0.1) is 17.3 Å². The largest absolute Gasteiger partial charge is 0.344 e. The zero-order valence-corrected chi connectivity index (χ0v) is 18.1. The molecule has 2 aliphatic rings. The van der Waals surface area contributed by atoms with Gasteiger partial charge in [-0.05, 0) is 46.1 Å². The molecule has 0 aromatic carbocycles. The quantitative estimate of drug-likeness (QED) is 0.504. The molecule has 3 heterocycles. The normalized spacial score (nSPS) is 21.3. The average Bonchev–Trinajstić information content (AvgIpc) is 3.21. The third-order valence-corrected chi connectivity index (χ3v) is 8.41. The SMILES string of the molecule is CCn1c(SCC(=O)c2cc(C)n([C@H]3CCS(=O)(=O)C3)c2C)nnc1C1CC1. The van der Waals surface area contributed by atoms with E-state index in [9.17, 15) is 13.2 Å². The minimum Gasteiger partial charge on any atom is -0.344 e. The molecule has 0 unspecified atom stereocenters. The molecule has 0 spiro atoms. The molecule has 2 aromatic rings. The zero-order valence-electron chi connectivity index (χ0n) is 16.5. The highest BCUT2D eigenvalue weighted by atomic mass is 32.2. The summed E-state index contributed by atoms with van der Waals surface area (Å²) < 4.78 is 27.8. The van der Waals surface area contributed by atoms with Gasteiger partial charge in [-0.3, -0.25) is 4.79 Å². The molecule has 0 amide bonds. The summed E-state index contributed by atoms with van der Waals surface area (Å²) >= 11 is 1.43. The maximum absolute atomic E-state index is 12.9. The van der Waals surface area contributed by atoms with Gasteiger partial charge in [0.2, 0.25) is 0 Å². The van der Waals surface area contributed by atoms with Gasteiger partial charge in [-0.1, -0.05) is 11.8 Å². The Morgan fingerprint density at radius 3 is 2.61 bits per heavy atom. The number of ketones is 1. The van der Waals surface area contributed by atoms with E-state index in [4.69, 9.17) is 0 Å². The maximum atomic E-state index is 12.9. The lowest BCUT2D eigenvalue weighted by Crippen LogP contribution is -2.14. The molecule has 1 saturated heterocycles. The average molecular weight is 423 g/mol. The van der Waals surface area contributed by atoms with Crippen LogP contribution in [0.3, 0.4) is 0 Å². The lowest BCUT2D eigenvalue weighted by molar-refractivity contribution is 0.102. The van der Waals surface area contributed by atoms with Gasteiger partial charge in [0.1, 0.15) is 5.82 Å². The van der Waals surface area contributed by atoms with Crippen LogP contribution in [0.25, 0.3) is 0 Å². The number of aryl methyl sites for hydroxylation is 1. The Labute approximate surface area is 169 Å². The fourth-order valence-corrected chi connectivity index (χ4v) is 6.75. The summed E-state index contributed by atoms with van der Waals surface area (Å²) in [4.78, 5) is 12.9. The van der Waals surface area contributed by atoms with Crippen LogP contribution in [0.4, 0.5) is 0 Å². The van der Waals surface area contributed by atoms with Crippen LogP contribution >= 0.6 is 11.8 Å². The first kappa shape index (κ1) is 19.7. The molecular weight excluding hydrogens is 396 g/mol. The number of hydrogen-bond acceptors (Lipinski definition) is 6. The van der Waals surface area contributed by atoms with Gasteiger partial charge in [-0.25, -0.2) is 8.42 Å². The van der Waals surface area contributed by atoms with Crippen LogP contribution in [0, 0.1) is 13.8 Å². The summed E-state index contributed by atoms with van der Waals surface area (Å²) in [7, 11) is -2.97. The number of rotatable bonds is 7. The molecule has 2 aromatic heterocycles. The number of hydrogen-bond donors (Lipinski definition) is 0. The van der Waals surface area contributed by atoms with Crippen molar-refractivity contribution in [2.45, 2.75) is 63.7 Å². The maximum Gasteiger partial charge on any atom is 0.191 e. The van der Waals surface area contributed by atoms with Gasteiger partial charge in [-0.2, -0.15) is 0 Å². The Bertz CT molecular complexity index is 1020. The van der Waals surface area contributed by atoms with Gasteiger partial charge in [0, 0.05) is 35.5 Å². The number of Topliss-reactive ketones (excluding diaryl/α,β-unsaturated/α-hetero) is 1. The van der Waals surface area contributed by atoms with Crippen LogP contribution in [-0.4, -0.2) is 50.8 Å². The number of aromatic nitrogens is 4. The van der Waals surface area contributed by atoms with E-state index >= 15 is 0 Å². The van der Waals surface area contributed by atoms with E-state index in [1.165, 1.54) is 24.6 Å². The van der Waals surface area contributed by atoms with E-state index in [0.29, 0.717) is 23.7 Å². The van der Waals surface area contributed by atoms with Gasteiger partial charge in [-0.15, -0.1) is 10.2 Å². The van der Waals surface area contributed by atoms with E-state index in [-0.39, 0.29) is 23.3 Å². The van der Waals surface area contributed by atoms with Crippen LogP contribution < -0.4 is 0 Å². The van der Waals surface area contributed by atoms with Crippen LogP contribution in [-0.2, 0) is 16.4 Å². The summed E-state index contributed by atoms with van der Waals surface area (Å²) in [5.74, 6) is 2.30. The van der Waals surface area contributed by atoms with Gasteiger partial charge >= 0.3 is 0 Å². The Morgan fingerprint density at radius 1 is 1.25 bits per heavy atom. The minimum atomic E-state index is -2.97. The molecule has 0 N–H and O–H groups in total. The molecule has 1 aliphatic heterocycles. The van der Waals surface area contributed by atoms with E-state index in [0.717, 1.165) is 28.9 Å². The van der Waals surface area contributed by atoms with E-state index < -0.39 is 9.84 Å². The lowest BCUT2D eigenvalue weighted by atomic mass is 10.2. The summed E-state index contributed by atoms with van der Waals surface area (Å²) in [6, 6.07) is 1.83. The van der Waals surface area contributed by atoms with Crippen molar-refractivity contribution in [1.82, 2.24) is 19.3 Å². The number of carbonyl (C=O) groups excluding carboxylic acids is 1. The smallest absolute Gasteiger partial charge is 0.191 e. The second-order valence-corrected chi connectivity index (χ2v) is 11.0. The first-order valence-electron chi connectivity index (χ1n) is 9.78. The van der Waals surface area contributed by atoms with Crippen molar-refractivity contribution in [3.05, 3.63) is 28.8 Å². The number of carbonyl (C=O) groups is 1. The van der Waals surface area contributed by atoms with E-state index in [1.807, 2.05) is 24.5 Å². The number of thioether (sulfide) groups is 1. The molecule has 28 heavy (non-hydrogen) atoms. The highest BCUT2D eigenvalue weighted by molar-refractivity contribution is 7.99. The second-order valence-electron chi connectivity index (χ2n) is 7.78. The van der Waals surface area contributed by atoms with Gasteiger partial charge in [0.25, 0.3) is 0 Å². The molecule has 1 saturated carbocycles. The highest BCUT2D eigenvalue weighted by Gasteiger charge is 2.32. The Hall–Kier alpha value is -1.61. The summed E-state index contributed by atoms with van der Waals surface area (Å²) in [6.45, 7) is 6.73. The summed E-state index contributed by atoms with van der Waals surface area (Å²) in [5, 5.41) is 9.41. The molecule has 7 nitrogen and oxygen atoms in total. The Kier molecular flexibility index (Phi) is 5.16. The van der Waals surface area contributed by atoms with Crippen molar-refractivity contribution < 1.29 is 13.2 Å². The highest BCUT2D eigenvalue weighted by Crippen LogP contribution is 2.40. The predicted molar refractivity (Wildman–Crippen MR) is 109 cm³/mol. The third kappa shape index (κ3) is 3.66.